The second-order valence-corrected chi connectivity index (χ2v) is 8.91. The van der Waals surface area contributed by atoms with Gasteiger partial charge in [0, 0.05) is 13.1 Å². The number of carbonyl (C=O) groups is 2. The minimum absolute atomic E-state index is 0.00156. The lowest BCUT2D eigenvalue weighted by Gasteiger charge is -2.47. The lowest BCUT2D eigenvalue weighted by molar-refractivity contribution is -0.136. The maximum Gasteiger partial charge on any atom is 0.275 e. The van der Waals surface area contributed by atoms with Crippen molar-refractivity contribution in [2.45, 2.75) is 49.3 Å². The SMILES string of the molecule is O=C(c1cocn1)N1CC[C@](NC(=O)C23CCCN2CCC3)(c2ccccc2)[C@H](O)C1. The summed E-state index contributed by atoms with van der Waals surface area (Å²) >= 11 is 0. The molecule has 4 heterocycles. The summed E-state index contributed by atoms with van der Waals surface area (Å²) in [4.78, 5) is 34.2. The first-order valence-electron chi connectivity index (χ1n) is 11.0. The number of likely N-dealkylation sites (tertiary alicyclic amines) is 1. The summed E-state index contributed by atoms with van der Waals surface area (Å²) in [7, 11) is 0. The van der Waals surface area contributed by atoms with Gasteiger partial charge in [-0.15, -0.1) is 0 Å². The Bertz CT molecular complexity index is 938. The molecule has 2 amide bonds. The lowest BCUT2D eigenvalue weighted by Crippen LogP contribution is -2.66. The number of nitrogens with one attached hydrogen (secondary N) is 1. The van der Waals surface area contributed by atoms with Gasteiger partial charge in [-0.1, -0.05) is 30.3 Å². The number of nitrogens with zero attached hydrogens (tertiary/aromatic N) is 3. The summed E-state index contributed by atoms with van der Waals surface area (Å²) in [5.41, 5.74) is -0.321. The van der Waals surface area contributed by atoms with Gasteiger partial charge >= 0.3 is 0 Å². The quantitative estimate of drug-likeness (QED) is 0.772. The fourth-order valence-corrected chi connectivity index (χ4v) is 5.68. The second kappa shape index (κ2) is 7.76. The Balaban J connectivity index is 1.43. The summed E-state index contributed by atoms with van der Waals surface area (Å²) in [6.45, 7) is 2.41. The van der Waals surface area contributed by atoms with Crippen molar-refractivity contribution in [3.8, 4) is 0 Å². The maximum atomic E-state index is 13.7. The van der Waals surface area contributed by atoms with Crippen LogP contribution < -0.4 is 5.32 Å². The Kier molecular flexibility index (Phi) is 5.06. The van der Waals surface area contributed by atoms with Crippen molar-refractivity contribution >= 4 is 11.8 Å². The van der Waals surface area contributed by atoms with E-state index >= 15 is 0 Å². The summed E-state index contributed by atoms with van der Waals surface area (Å²) in [6, 6.07) is 9.63. The van der Waals surface area contributed by atoms with Gasteiger partial charge in [0.1, 0.15) is 11.8 Å². The first-order valence-corrected chi connectivity index (χ1v) is 11.0. The van der Waals surface area contributed by atoms with Gasteiger partial charge in [0.25, 0.3) is 5.91 Å². The highest BCUT2D eigenvalue weighted by atomic mass is 16.3. The number of piperidine rings is 1. The molecule has 2 aromatic rings. The van der Waals surface area contributed by atoms with Gasteiger partial charge in [0.2, 0.25) is 5.91 Å². The highest BCUT2D eigenvalue weighted by Gasteiger charge is 2.54. The van der Waals surface area contributed by atoms with Crippen LogP contribution in [-0.4, -0.2) is 69.5 Å². The number of rotatable bonds is 4. The highest BCUT2D eigenvalue weighted by molar-refractivity contribution is 5.92. The number of aliphatic hydroxyl groups is 1. The third-order valence-corrected chi connectivity index (χ3v) is 7.37. The van der Waals surface area contributed by atoms with Crippen molar-refractivity contribution < 1.29 is 19.1 Å². The van der Waals surface area contributed by atoms with E-state index in [-0.39, 0.29) is 24.1 Å². The molecule has 8 nitrogen and oxygen atoms in total. The topological polar surface area (TPSA) is 98.9 Å². The maximum absolute atomic E-state index is 13.7. The molecule has 0 aliphatic carbocycles. The molecule has 3 saturated heterocycles. The lowest BCUT2D eigenvalue weighted by atomic mass is 9.77. The van der Waals surface area contributed by atoms with Crippen LogP contribution in [-0.2, 0) is 10.3 Å². The predicted octanol–water partition coefficient (Wildman–Crippen LogP) is 1.52. The Morgan fingerprint density at radius 1 is 1.10 bits per heavy atom. The number of oxazole rings is 1. The van der Waals surface area contributed by atoms with E-state index < -0.39 is 17.2 Å². The van der Waals surface area contributed by atoms with E-state index in [9.17, 15) is 14.7 Å². The number of aromatic nitrogens is 1. The molecule has 1 aromatic heterocycles. The minimum Gasteiger partial charge on any atom is -0.451 e. The average molecular weight is 425 g/mol. The molecule has 8 heteroatoms. The number of amides is 2. The van der Waals surface area contributed by atoms with Crippen molar-refractivity contribution in [3.05, 3.63) is 54.2 Å². The van der Waals surface area contributed by atoms with Crippen LogP contribution >= 0.6 is 0 Å². The van der Waals surface area contributed by atoms with Crippen molar-refractivity contribution in [1.82, 2.24) is 20.1 Å². The van der Waals surface area contributed by atoms with Gasteiger partial charge < -0.3 is 19.7 Å². The molecular formula is C23H28N4O4. The Morgan fingerprint density at radius 3 is 2.48 bits per heavy atom. The first-order chi connectivity index (χ1) is 15.1. The monoisotopic (exact) mass is 424 g/mol. The van der Waals surface area contributed by atoms with Crippen LogP contribution in [0.2, 0.25) is 0 Å². The minimum atomic E-state index is -0.948. The van der Waals surface area contributed by atoms with Crippen molar-refractivity contribution in [2.75, 3.05) is 26.2 Å². The van der Waals surface area contributed by atoms with Crippen LogP contribution in [0.5, 0.6) is 0 Å². The summed E-state index contributed by atoms with van der Waals surface area (Å²) < 4.78 is 4.93. The van der Waals surface area contributed by atoms with E-state index in [1.54, 1.807) is 4.90 Å². The Hall–Kier alpha value is -2.71. The molecule has 1 aromatic carbocycles. The zero-order valence-electron chi connectivity index (χ0n) is 17.5. The van der Waals surface area contributed by atoms with Crippen molar-refractivity contribution in [1.29, 1.82) is 0 Å². The first kappa shape index (κ1) is 20.2. The molecule has 5 rings (SSSR count). The Morgan fingerprint density at radius 2 is 1.84 bits per heavy atom. The zero-order valence-corrected chi connectivity index (χ0v) is 17.5. The van der Waals surface area contributed by atoms with Gasteiger partial charge in [-0.2, -0.15) is 0 Å². The van der Waals surface area contributed by atoms with E-state index in [4.69, 9.17) is 4.42 Å². The van der Waals surface area contributed by atoms with Crippen LogP contribution in [0.25, 0.3) is 0 Å². The van der Waals surface area contributed by atoms with E-state index in [1.807, 2.05) is 30.3 Å². The number of carbonyl (C=O) groups excluding carboxylic acids is 2. The number of β-amino-alcohol motifs (C(OH)–C–C–N with tert-alkyl or cyclic N) is 1. The van der Waals surface area contributed by atoms with E-state index in [0.29, 0.717) is 13.0 Å². The third-order valence-electron chi connectivity index (χ3n) is 7.37. The second-order valence-electron chi connectivity index (χ2n) is 8.91. The van der Waals surface area contributed by atoms with Crippen molar-refractivity contribution in [3.63, 3.8) is 0 Å². The fourth-order valence-electron chi connectivity index (χ4n) is 5.68. The van der Waals surface area contributed by atoms with E-state index in [0.717, 1.165) is 44.3 Å². The molecule has 2 atom stereocenters. The standard InChI is InChI=1S/C23H28N4O4/c28-19-14-26(20(29)18-15-31-16-24-18)13-10-23(19,17-6-2-1-3-7-17)25-21(30)22-8-4-11-27(22)12-5-9-22/h1-3,6-7,15-16,19,28H,4-5,8-14H2,(H,25,30)/t19-,23+/m1/s1. The summed E-state index contributed by atoms with van der Waals surface area (Å²) in [6.07, 6.45) is 5.76. The molecule has 31 heavy (non-hydrogen) atoms. The molecule has 0 bridgehead atoms. The van der Waals surface area contributed by atoms with Crippen molar-refractivity contribution in [2.24, 2.45) is 0 Å². The van der Waals surface area contributed by atoms with Gasteiger partial charge in [0.15, 0.2) is 12.1 Å². The van der Waals surface area contributed by atoms with Gasteiger partial charge in [-0.25, -0.2) is 4.98 Å². The molecule has 0 radical (unpaired) electrons. The molecule has 0 unspecified atom stereocenters. The number of hydrogen-bond donors (Lipinski definition) is 2. The number of hydrogen-bond acceptors (Lipinski definition) is 6. The molecule has 3 fully saturated rings. The smallest absolute Gasteiger partial charge is 0.275 e. The molecule has 164 valence electrons. The van der Waals surface area contributed by atoms with Crippen LogP contribution in [0, 0.1) is 0 Å². The third kappa shape index (κ3) is 3.25. The molecule has 3 aliphatic heterocycles. The largest absolute Gasteiger partial charge is 0.451 e. The van der Waals surface area contributed by atoms with E-state index in [1.165, 1.54) is 12.7 Å². The normalized spacial score (nSPS) is 27.8. The van der Waals surface area contributed by atoms with Gasteiger partial charge in [-0.3, -0.25) is 14.5 Å². The molecule has 2 N–H and O–H groups in total. The number of benzene rings is 1. The van der Waals surface area contributed by atoms with Crippen LogP contribution in [0.15, 0.2) is 47.4 Å². The number of fused-ring (bicyclic) bond motifs is 1. The van der Waals surface area contributed by atoms with Crippen LogP contribution in [0.4, 0.5) is 0 Å². The summed E-state index contributed by atoms with van der Waals surface area (Å²) in [5.74, 6) is -0.279. The van der Waals surface area contributed by atoms with Gasteiger partial charge in [-0.05, 0) is 50.8 Å². The average Bonchev–Trinajstić information content (AvgIpc) is 3.52. The highest BCUT2D eigenvalue weighted by Crippen LogP contribution is 2.41. The number of aliphatic hydroxyl groups excluding tert-OH is 1. The molecular weight excluding hydrogens is 396 g/mol. The van der Waals surface area contributed by atoms with Gasteiger partial charge in [0.05, 0.1) is 11.6 Å². The zero-order chi connectivity index (χ0) is 21.5. The fraction of sp³-hybridized carbons (Fsp3) is 0.522. The van der Waals surface area contributed by atoms with Crippen LogP contribution in [0.1, 0.15) is 48.2 Å². The predicted molar refractivity (Wildman–Crippen MR) is 112 cm³/mol. The molecule has 0 saturated carbocycles. The summed E-state index contributed by atoms with van der Waals surface area (Å²) in [5, 5.41) is 14.6. The van der Waals surface area contributed by atoms with Crippen LogP contribution in [0.3, 0.4) is 0 Å². The Labute approximate surface area is 181 Å². The van der Waals surface area contributed by atoms with E-state index in [2.05, 4.69) is 15.2 Å². The molecule has 0 spiro atoms. The molecule has 3 aliphatic rings.